The van der Waals surface area contributed by atoms with Gasteiger partial charge in [0.1, 0.15) is 0 Å². The molecule has 0 bridgehead atoms. The monoisotopic (exact) mass is 495 g/mol. The fourth-order valence-corrected chi connectivity index (χ4v) is 4.72. The third-order valence-corrected chi connectivity index (χ3v) is 6.44. The predicted molar refractivity (Wildman–Crippen MR) is 113 cm³/mol. The van der Waals surface area contributed by atoms with Crippen molar-refractivity contribution in [3.8, 4) is 0 Å². The molecular formula is C18H14BrN3O5S2. The minimum atomic E-state index is -3.77. The van der Waals surface area contributed by atoms with Gasteiger partial charge in [0.25, 0.3) is 10.0 Å². The van der Waals surface area contributed by atoms with Crippen LogP contribution in [0.15, 0.2) is 63.3 Å². The Bertz CT molecular complexity index is 1160. The van der Waals surface area contributed by atoms with Crippen LogP contribution >= 0.6 is 27.3 Å². The summed E-state index contributed by atoms with van der Waals surface area (Å²) < 4.78 is 27.6. The molecule has 0 aliphatic rings. The molecule has 0 atom stereocenters. The van der Waals surface area contributed by atoms with Crippen molar-refractivity contribution in [1.82, 2.24) is 4.98 Å². The van der Waals surface area contributed by atoms with Crippen molar-refractivity contribution in [2.24, 2.45) is 0 Å². The van der Waals surface area contributed by atoms with Crippen LogP contribution in [0.1, 0.15) is 16.1 Å². The van der Waals surface area contributed by atoms with Gasteiger partial charge in [0, 0.05) is 9.85 Å². The zero-order chi connectivity index (χ0) is 21.0. The molecule has 0 aliphatic carbocycles. The lowest BCUT2D eigenvalue weighted by atomic mass is 10.1. The minimum absolute atomic E-state index is 0.0534. The molecule has 1 heterocycles. The van der Waals surface area contributed by atoms with Gasteiger partial charge in [-0.25, -0.2) is 18.2 Å². The molecule has 3 rings (SSSR count). The molecule has 1 amide bonds. The number of aromatic carboxylic acids is 1. The molecule has 11 heteroatoms. The standard InChI is InChI=1S/C18H14BrN3O5S2/c19-11-6-7-15(14(8-11)17(24)25)21-16(23)9-12-10-28-18(20-12)22-29(26,27)13-4-2-1-3-5-13/h1-8,10H,9H2,(H,20,22)(H,21,23)(H,24,25). The molecule has 1 aromatic heterocycles. The molecule has 0 fully saturated rings. The van der Waals surface area contributed by atoms with Crippen molar-refractivity contribution < 1.29 is 23.1 Å². The van der Waals surface area contributed by atoms with E-state index in [0.29, 0.717) is 10.2 Å². The number of halogens is 1. The van der Waals surface area contributed by atoms with Crippen molar-refractivity contribution in [3.05, 3.63) is 69.6 Å². The highest BCUT2D eigenvalue weighted by Gasteiger charge is 2.17. The van der Waals surface area contributed by atoms with E-state index in [2.05, 4.69) is 31.0 Å². The number of carbonyl (C=O) groups excluding carboxylic acids is 1. The first-order chi connectivity index (χ1) is 13.7. The Morgan fingerprint density at radius 1 is 1.14 bits per heavy atom. The summed E-state index contributed by atoms with van der Waals surface area (Å²) >= 11 is 4.24. The number of sulfonamides is 1. The van der Waals surface area contributed by atoms with Crippen molar-refractivity contribution in [2.45, 2.75) is 11.3 Å². The molecule has 0 aliphatic heterocycles. The van der Waals surface area contributed by atoms with Gasteiger partial charge in [0.05, 0.1) is 28.3 Å². The smallest absolute Gasteiger partial charge is 0.337 e. The predicted octanol–water partition coefficient (Wildman–Crippen LogP) is 3.59. The molecule has 0 saturated carbocycles. The number of nitrogens with one attached hydrogen (secondary N) is 2. The zero-order valence-corrected chi connectivity index (χ0v) is 17.8. The van der Waals surface area contributed by atoms with Crippen LogP contribution in [0, 0.1) is 0 Å². The molecule has 0 unspecified atom stereocenters. The van der Waals surface area contributed by atoms with Gasteiger partial charge in [-0.3, -0.25) is 9.52 Å². The summed E-state index contributed by atoms with van der Waals surface area (Å²) in [5.41, 5.74) is 0.459. The fourth-order valence-electron chi connectivity index (χ4n) is 2.37. The number of benzene rings is 2. The Hall–Kier alpha value is -2.76. The largest absolute Gasteiger partial charge is 0.478 e. The van der Waals surface area contributed by atoms with E-state index in [1.165, 1.54) is 24.3 Å². The lowest BCUT2D eigenvalue weighted by Crippen LogP contribution is -2.17. The normalized spacial score (nSPS) is 11.1. The number of nitrogens with zero attached hydrogens (tertiary/aromatic N) is 1. The van der Waals surface area contributed by atoms with Crippen molar-refractivity contribution in [3.63, 3.8) is 0 Å². The van der Waals surface area contributed by atoms with Gasteiger partial charge in [-0.1, -0.05) is 34.1 Å². The van der Waals surface area contributed by atoms with E-state index in [1.807, 2.05) is 0 Å². The van der Waals surface area contributed by atoms with E-state index in [0.717, 1.165) is 11.3 Å². The molecule has 8 nitrogen and oxygen atoms in total. The molecule has 150 valence electrons. The van der Waals surface area contributed by atoms with Crippen molar-refractivity contribution in [1.29, 1.82) is 0 Å². The Morgan fingerprint density at radius 2 is 1.86 bits per heavy atom. The van der Waals surface area contributed by atoms with Gasteiger partial charge >= 0.3 is 5.97 Å². The minimum Gasteiger partial charge on any atom is -0.478 e. The average Bonchev–Trinajstić information content (AvgIpc) is 3.09. The number of aromatic nitrogens is 1. The van der Waals surface area contributed by atoms with E-state index < -0.39 is 21.9 Å². The van der Waals surface area contributed by atoms with Crippen LogP contribution in [0.3, 0.4) is 0 Å². The van der Waals surface area contributed by atoms with Crippen LogP contribution in [0.4, 0.5) is 10.8 Å². The van der Waals surface area contributed by atoms with E-state index in [-0.39, 0.29) is 27.7 Å². The first-order valence-corrected chi connectivity index (χ1v) is 11.2. The molecule has 2 aromatic carbocycles. The highest BCUT2D eigenvalue weighted by atomic mass is 79.9. The van der Waals surface area contributed by atoms with Crippen LogP contribution in [0.2, 0.25) is 0 Å². The Labute approximate surface area is 178 Å². The molecule has 3 aromatic rings. The van der Waals surface area contributed by atoms with Crippen LogP contribution in [0.5, 0.6) is 0 Å². The van der Waals surface area contributed by atoms with Crippen molar-refractivity contribution in [2.75, 3.05) is 10.0 Å². The summed E-state index contributed by atoms with van der Waals surface area (Å²) in [6.07, 6.45) is -0.140. The lowest BCUT2D eigenvalue weighted by molar-refractivity contribution is -0.115. The number of carboxylic acids is 1. The molecule has 0 saturated heterocycles. The topological polar surface area (TPSA) is 125 Å². The Morgan fingerprint density at radius 3 is 2.55 bits per heavy atom. The lowest BCUT2D eigenvalue weighted by Gasteiger charge is -2.08. The third-order valence-electron chi connectivity index (χ3n) is 3.65. The van der Waals surface area contributed by atoms with Gasteiger partial charge in [0.15, 0.2) is 5.13 Å². The van der Waals surface area contributed by atoms with Gasteiger partial charge in [-0.05, 0) is 30.3 Å². The highest BCUT2D eigenvalue weighted by Crippen LogP contribution is 2.23. The Kier molecular flexibility index (Phi) is 6.30. The number of hydrogen-bond acceptors (Lipinski definition) is 6. The molecule has 0 radical (unpaired) electrons. The molecule has 29 heavy (non-hydrogen) atoms. The number of rotatable bonds is 7. The summed E-state index contributed by atoms with van der Waals surface area (Å²) in [7, 11) is -3.77. The molecule has 0 spiro atoms. The highest BCUT2D eigenvalue weighted by molar-refractivity contribution is 9.10. The maximum atomic E-state index is 12.3. The number of amides is 1. The Balaban J connectivity index is 1.68. The van der Waals surface area contributed by atoms with E-state index >= 15 is 0 Å². The second-order valence-electron chi connectivity index (χ2n) is 5.78. The number of carbonyl (C=O) groups is 2. The first kappa shape index (κ1) is 21.0. The quantitative estimate of drug-likeness (QED) is 0.459. The summed E-state index contributed by atoms with van der Waals surface area (Å²) in [5, 5.41) is 13.5. The van der Waals surface area contributed by atoms with E-state index in [1.54, 1.807) is 29.6 Å². The third kappa shape index (κ3) is 5.40. The first-order valence-electron chi connectivity index (χ1n) is 8.09. The summed E-state index contributed by atoms with van der Waals surface area (Å²) in [5.74, 6) is -1.65. The fraction of sp³-hybridized carbons (Fsp3) is 0.0556. The number of thiazole rings is 1. The van der Waals surface area contributed by atoms with Crippen LogP contribution in [-0.2, 0) is 21.2 Å². The van der Waals surface area contributed by atoms with Crippen molar-refractivity contribution >= 4 is 60.0 Å². The van der Waals surface area contributed by atoms with Gasteiger partial charge < -0.3 is 10.4 Å². The summed E-state index contributed by atoms with van der Waals surface area (Å²) in [6, 6.07) is 12.3. The van der Waals surface area contributed by atoms with E-state index in [9.17, 15) is 23.1 Å². The second kappa shape index (κ2) is 8.72. The van der Waals surface area contributed by atoms with Crippen LogP contribution in [0.25, 0.3) is 0 Å². The second-order valence-corrected chi connectivity index (χ2v) is 9.24. The maximum Gasteiger partial charge on any atom is 0.337 e. The number of carboxylic acid groups (broad SMARTS) is 1. The van der Waals surface area contributed by atoms with Crippen LogP contribution < -0.4 is 10.0 Å². The van der Waals surface area contributed by atoms with Gasteiger partial charge in [0.2, 0.25) is 5.91 Å². The molecular weight excluding hydrogens is 482 g/mol. The molecule has 3 N–H and O–H groups in total. The maximum absolute atomic E-state index is 12.3. The zero-order valence-electron chi connectivity index (χ0n) is 14.6. The summed E-state index contributed by atoms with van der Waals surface area (Å²) in [4.78, 5) is 27.8. The van der Waals surface area contributed by atoms with Gasteiger partial charge in [-0.15, -0.1) is 11.3 Å². The van der Waals surface area contributed by atoms with Crippen LogP contribution in [-0.4, -0.2) is 30.4 Å². The van der Waals surface area contributed by atoms with Gasteiger partial charge in [-0.2, -0.15) is 0 Å². The average molecular weight is 496 g/mol. The summed E-state index contributed by atoms with van der Waals surface area (Å²) in [6.45, 7) is 0. The SMILES string of the molecule is O=C(Cc1csc(NS(=O)(=O)c2ccccc2)n1)Nc1ccc(Br)cc1C(=O)O. The van der Waals surface area contributed by atoms with E-state index in [4.69, 9.17) is 0 Å². The number of hydrogen-bond donors (Lipinski definition) is 3. The number of anilines is 2.